The first kappa shape index (κ1) is 12.4. The van der Waals surface area contributed by atoms with Crippen molar-refractivity contribution in [3.63, 3.8) is 0 Å². The molecule has 1 aliphatic rings. The van der Waals surface area contributed by atoms with Gasteiger partial charge in [0.1, 0.15) is 0 Å². The van der Waals surface area contributed by atoms with E-state index in [1.54, 1.807) is 0 Å². The van der Waals surface area contributed by atoms with E-state index in [2.05, 4.69) is 28.4 Å². The summed E-state index contributed by atoms with van der Waals surface area (Å²) in [6, 6.07) is 0. The van der Waals surface area contributed by atoms with Crippen molar-refractivity contribution in [1.29, 1.82) is 0 Å². The quantitative estimate of drug-likeness (QED) is 0.659. The number of hydrogen-bond donors (Lipinski definition) is 1. The van der Waals surface area contributed by atoms with Gasteiger partial charge in [0.2, 0.25) is 0 Å². The molecule has 0 radical (unpaired) electrons. The molecule has 2 heteroatoms. The number of hydrogen-bond acceptors (Lipinski definition) is 1. The Morgan fingerprint density at radius 2 is 1.58 bits per heavy atom. The molecule has 74 valence electrons. The maximum Gasteiger partial charge on any atom is -0.00775 e. The molecule has 0 aromatic carbocycles. The van der Waals surface area contributed by atoms with Crippen LogP contribution in [0.1, 0.15) is 46.0 Å². The van der Waals surface area contributed by atoms with Crippen LogP contribution >= 0.6 is 9.24 Å². The zero-order chi connectivity index (χ0) is 9.23. The lowest BCUT2D eigenvalue weighted by Gasteiger charge is -2.15. The summed E-state index contributed by atoms with van der Waals surface area (Å²) < 4.78 is 0. The van der Waals surface area contributed by atoms with Crippen LogP contribution in [-0.2, 0) is 0 Å². The second-order valence-corrected chi connectivity index (χ2v) is 4.30. The summed E-state index contributed by atoms with van der Waals surface area (Å²) in [6.07, 6.45) is 7.31. The van der Waals surface area contributed by atoms with Gasteiger partial charge in [-0.2, -0.15) is 0 Å². The fraction of sp³-hybridized carbons (Fsp3) is 1.00. The second kappa shape index (κ2) is 9.48. The van der Waals surface area contributed by atoms with Gasteiger partial charge in [0.15, 0.2) is 0 Å². The van der Waals surface area contributed by atoms with Gasteiger partial charge in [0.25, 0.3) is 0 Å². The zero-order valence-corrected chi connectivity index (χ0v) is 9.76. The highest BCUT2D eigenvalue weighted by Crippen LogP contribution is 2.23. The topological polar surface area (TPSA) is 12.0 Å². The predicted octanol–water partition coefficient (Wildman–Crippen LogP) is 2.81. The molecule has 0 heterocycles. The molecule has 1 aliphatic carbocycles. The van der Waals surface area contributed by atoms with E-state index in [1.165, 1.54) is 32.1 Å². The minimum absolute atomic E-state index is 0.953. The molecule has 1 rings (SSSR count). The van der Waals surface area contributed by atoms with Crippen molar-refractivity contribution in [2.75, 3.05) is 13.1 Å². The highest BCUT2D eigenvalue weighted by Gasteiger charge is 2.06. The highest BCUT2D eigenvalue weighted by atomic mass is 31.0. The van der Waals surface area contributed by atoms with E-state index in [0.29, 0.717) is 0 Å². The summed E-state index contributed by atoms with van der Waals surface area (Å²) in [5.41, 5.74) is 0.953. The average Bonchev–Trinajstić information content (AvgIpc) is 2.08. The predicted molar refractivity (Wildman–Crippen MR) is 60.8 cm³/mol. The van der Waals surface area contributed by atoms with Crippen molar-refractivity contribution in [2.24, 2.45) is 0 Å². The largest absolute Gasteiger partial charge is 0.317 e. The molecule has 0 aromatic rings. The molecule has 1 unspecified atom stereocenters. The number of rotatable bonds is 2. The SMILES string of the molecule is CCNCC.PC1CCCCC1. The van der Waals surface area contributed by atoms with E-state index in [-0.39, 0.29) is 0 Å². The summed E-state index contributed by atoms with van der Waals surface area (Å²) in [5.74, 6) is 0. The fourth-order valence-electron chi connectivity index (χ4n) is 1.38. The lowest BCUT2D eigenvalue weighted by atomic mass is 10.0. The smallest absolute Gasteiger partial charge is 0.00775 e. The molecule has 0 aliphatic heterocycles. The van der Waals surface area contributed by atoms with Gasteiger partial charge in [0.05, 0.1) is 0 Å². The van der Waals surface area contributed by atoms with Crippen LogP contribution in [0.15, 0.2) is 0 Å². The number of nitrogens with one attached hydrogen (secondary N) is 1. The molecular formula is C10H24NP. The molecule has 0 bridgehead atoms. The van der Waals surface area contributed by atoms with Crippen LogP contribution in [0.4, 0.5) is 0 Å². The van der Waals surface area contributed by atoms with Crippen LogP contribution in [0, 0.1) is 0 Å². The third-order valence-electron chi connectivity index (χ3n) is 2.15. The highest BCUT2D eigenvalue weighted by molar-refractivity contribution is 7.17. The van der Waals surface area contributed by atoms with E-state index in [0.717, 1.165) is 18.7 Å². The maximum absolute atomic E-state index is 3.11. The summed E-state index contributed by atoms with van der Waals surface area (Å²) in [4.78, 5) is 0. The van der Waals surface area contributed by atoms with Gasteiger partial charge < -0.3 is 5.32 Å². The van der Waals surface area contributed by atoms with Crippen molar-refractivity contribution in [3.8, 4) is 0 Å². The van der Waals surface area contributed by atoms with E-state index in [4.69, 9.17) is 0 Å². The molecule has 1 atom stereocenters. The molecule has 1 saturated carbocycles. The minimum Gasteiger partial charge on any atom is -0.317 e. The Morgan fingerprint density at radius 3 is 1.75 bits per heavy atom. The van der Waals surface area contributed by atoms with Crippen LogP contribution in [-0.4, -0.2) is 18.7 Å². The minimum atomic E-state index is 0.953. The molecule has 0 aromatic heterocycles. The normalized spacial score (nSPS) is 18.2. The Bertz CT molecular complexity index is 77.9. The van der Waals surface area contributed by atoms with Gasteiger partial charge >= 0.3 is 0 Å². The van der Waals surface area contributed by atoms with Gasteiger partial charge in [-0.3, -0.25) is 0 Å². The van der Waals surface area contributed by atoms with Crippen molar-refractivity contribution in [1.82, 2.24) is 5.32 Å². The first-order valence-electron chi connectivity index (χ1n) is 5.27. The molecule has 1 N–H and O–H groups in total. The van der Waals surface area contributed by atoms with E-state index in [9.17, 15) is 0 Å². The Labute approximate surface area is 79.9 Å². The zero-order valence-electron chi connectivity index (χ0n) is 8.60. The van der Waals surface area contributed by atoms with Crippen LogP contribution in [0.5, 0.6) is 0 Å². The Hall–Kier alpha value is 0.390. The lowest BCUT2D eigenvalue weighted by Crippen LogP contribution is -2.09. The molecule has 0 saturated heterocycles. The van der Waals surface area contributed by atoms with Crippen LogP contribution in [0.3, 0.4) is 0 Å². The van der Waals surface area contributed by atoms with Gasteiger partial charge in [-0.1, -0.05) is 33.1 Å². The van der Waals surface area contributed by atoms with Crippen molar-refractivity contribution in [3.05, 3.63) is 0 Å². The summed E-state index contributed by atoms with van der Waals surface area (Å²) in [5, 5.41) is 3.11. The van der Waals surface area contributed by atoms with Crippen molar-refractivity contribution in [2.45, 2.75) is 51.6 Å². The third-order valence-corrected chi connectivity index (χ3v) is 2.82. The van der Waals surface area contributed by atoms with E-state index in [1.807, 2.05) is 0 Å². The molecule has 0 amide bonds. The van der Waals surface area contributed by atoms with E-state index >= 15 is 0 Å². The van der Waals surface area contributed by atoms with Gasteiger partial charge in [-0.25, -0.2) is 0 Å². The lowest BCUT2D eigenvalue weighted by molar-refractivity contribution is 0.516. The summed E-state index contributed by atoms with van der Waals surface area (Å²) in [7, 11) is 2.91. The summed E-state index contributed by atoms with van der Waals surface area (Å²) in [6.45, 7) is 6.39. The van der Waals surface area contributed by atoms with E-state index < -0.39 is 0 Å². The molecular weight excluding hydrogens is 165 g/mol. The first-order chi connectivity index (χ1) is 5.81. The average molecular weight is 189 g/mol. The molecule has 12 heavy (non-hydrogen) atoms. The summed E-state index contributed by atoms with van der Waals surface area (Å²) >= 11 is 0. The molecule has 0 spiro atoms. The Kier molecular flexibility index (Phi) is 9.79. The fourth-order valence-corrected chi connectivity index (χ4v) is 1.86. The van der Waals surface area contributed by atoms with Gasteiger partial charge in [0, 0.05) is 0 Å². The molecule has 1 nitrogen and oxygen atoms in total. The second-order valence-electron chi connectivity index (χ2n) is 3.36. The standard InChI is InChI=1S/C6H13P.C4H11N/c7-6-4-2-1-3-5-6;1-3-5-4-2/h6H,1-5,7H2;5H,3-4H2,1-2H3. The van der Waals surface area contributed by atoms with Crippen molar-refractivity contribution < 1.29 is 0 Å². The van der Waals surface area contributed by atoms with Gasteiger partial charge in [-0.15, -0.1) is 9.24 Å². The third kappa shape index (κ3) is 8.49. The van der Waals surface area contributed by atoms with Crippen LogP contribution in [0.2, 0.25) is 0 Å². The van der Waals surface area contributed by atoms with Crippen molar-refractivity contribution >= 4 is 9.24 Å². The van der Waals surface area contributed by atoms with Crippen LogP contribution < -0.4 is 5.32 Å². The maximum atomic E-state index is 3.11. The molecule has 1 fully saturated rings. The van der Waals surface area contributed by atoms with Crippen LogP contribution in [0.25, 0.3) is 0 Å². The Morgan fingerprint density at radius 1 is 1.08 bits per heavy atom. The van der Waals surface area contributed by atoms with Gasteiger partial charge in [-0.05, 0) is 31.6 Å². The Balaban J connectivity index is 0.000000217. The first-order valence-corrected chi connectivity index (χ1v) is 5.94. The monoisotopic (exact) mass is 189 g/mol.